The minimum atomic E-state index is -0.547. The number of hydrogen-bond donors (Lipinski definition) is 2. The fourth-order valence-corrected chi connectivity index (χ4v) is 2.03. The Morgan fingerprint density at radius 3 is 2.80 bits per heavy atom. The summed E-state index contributed by atoms with van der Waals surface area (Å²) in [7, 11) is 0. The lowest BCUT2D eigenvalue weighted by atomic mass is 10.0. The maximum absolute atomic E-state index is 11.1. The van der Waals surface area contributed by atoms with Gasteiger partial charge in [-0.05, 0) is 25.7 Å². The van der Waals surface area contributed by atoms with Crippen LogP contribution >= 0.6 is 0 Å². The zero-order valence-corrected chi connectivity index (χ0v) is 11.2. The van der Waals surface area contributed by atoms with Crippen LogP contribution in [0.2, 0.25) is 0 Å². The second kappa shape index (κ2) is 6.44. The monoisotopic (exact) mass is 283 g/mol. The lowest BCUT2D eigenvalue weighted by Crippen LogP contribution is -2.22. The van der Waals surface area contributed by atoms with Gasteiger partial charge in [-0.25, -0.2) is 10.8 Å². The summed E-state index contributed by atoms with van der Waals surface area (Å²) in [6, 6.07) is 0. The van der Waals surface area contributed by atoms with E-state index < -0.39 is 4.92 Å². The Balaban J connectivity index is 2.15. The van der Waals surface area contributed by atoms with E-state index >= 15 is 0 Å². The molecule has 1 aromatic rings. The number of hydrazine groups is 1. The van der Waals surface area contributed by atoms with Crippen molar-refractivity contribution in [3.8, 4) is 5.88 Å². The number of hydrogen-bond acceptors (Lipinski definition) is 8. The molecule has 1 saturated heterocycles. The van der Waals surface area contributed by atoms with E-state index in [2.05, 4.69) is 15.4 Å². The van der Waals surface area contributed by atoms with E-state index in [-0.39, 0.29) is 23.2 Å². The zero-order chi connectivity index (χ0) is 14.5. The van der Waals surface area contributed by atoms with Crippen molar-refractivity contribution < 1.29 is 14.4 Å². The van der Waals surface area contributed by atoms with Crippen LogP contribution in [0.3, 0.4) is 0 Å². The number of anilines is 1. The molecule has 0 unspecified atom stereocenters. The average Bonchev–Trinajstić information content (AvgIpc) is 2.45. The van der Waals surface area contributed by atoms with Gasteiger partial charge in [0.25, 0.3) is 5.88 Å². The highest BCUT2D eigenvalue weighted by Crippen LogP contribution is 2.29. The van der Waals surface area contributed by atoms with Gasteiger partial charge in [0.05, 0.1) is 11.5 Å². The summed E-state index contributed by atoms with van der Waals surface area (Å²) >= 11 is 0. The van der Waals surface area contributed by atoms with E-state index in [9.17, 15) is 10.1 Å². The fraction of sp³-hybridized carbons (Fsp3) is 0.636. The van der Waals surface area contributed by atoms with Crippen LogP contribution in [0.1, 0.15) is 18.5 Å². The molecule has 0 radical (unpaired) electrons. The van der Waals surface area contributed by atoms with Gasteiger partial charge >= 0.3 is 5.69 Å². The molecule has 20 heavy (non-hydrogen) atoms. The first-order valence-electron chi connectivity index (χ1n) is 6.32. The van der Waals surface area contributed by atoms with Gasteiger partial charge in [0.2, 0.25) is 5.95 Å². The molecule has 1 aliphatic rings. The molecular formula is C11H17N5O4. The Bertz CT molecular complexity index is 490. The largest absolute Gasteiger partial charge is 0.472 e. The maximum Gasteiger partial charge on any atom is 0.352 e. The minimum Gasteiger partial charge on any atom is -0.472 e. The molecule has 1 aromatic heterocycles. The number of nitrogens with two attached hydrogens (primary N) is 1. The summed E-state index contributed by atoms with van der Waals surface area (Å²) in [6.07, 6.45) is 1.75. The molecule has 1 aliphatic heterocycles. The van der Waals surface area contributed by atoms with Crippen molar-refractivity contribution in [2.75, 3.05) is 25.2 Å². The van der Waals surface area contributed by atoms with Crippen LogP contribution in [0, 0.1) is 23.0 Å². The van der Waals surface area contributed by atoms with Crippen molar-refractivity contribution >= 4 is 11.6 Å². The molecule has 0 saturated carbocycles. The van der Waals surface area contributed by atoms with Crippen LogP contribution in [-0.4, -0.2) is 34.7 Å². The second-order valence-electron chi connectivity index (χ2n) is 4.55. The fourth-order valence-electron chi connectivity index (χ4n) is 2.03. The summed E-state index contributed by atoms with van der Waals surface area (Å²) in [6.45, 7) is 3.26. The van der Waals surface area contributed by atoms with Crippen molar-refractivity contribution in [3.05, 3.63) is 15.8 Å². The van der Waals surface area contributed by atoms with E-state index in [0.717, 1.165) is 12.8 Å². The molecular weight excluding hydrogens is 266 g/mol. The summed E-state index contributed by atoms with van der Waals surface area (Å²) in [5.41, 5.74) is 2.25. The summed E-state index contributed by atoms with van der Waals surface area (Å²) in [5, 5.41) is 11.1. The molecule has 9 nitrogen and oxygen atoms in total. The highest BCUT2D eigenvalue weighted by Gasteiger charge is 2.25. The molecule has 1 fully saturated rings. The van der Waals surface area contributed by atoms with E-state index in [1.54, 1.807) is 0 Å². The van der Waals surface area contributed by atoms with Gasteiger partial charge < -0.3 is 9.47 Å². The lowest BCUT2D eigenvalue weighted by molar-refractivity contribution is -0.387. The SMILES string of the molecule is Cc1nc(NN)nc(OCC2CCOCC2)c1[N+](=O)[O-]. The summed E-state index contributed by atoms with van der Waals surface area (Å²) in [5.74, 6) is 5.59. The Kier molecular flexibility index (Phi) is 4.64. The van der Waals surface area contributed by atoms with Crippen molar-refractivity contribution in [1.29, 1.82) is 0 Å². The van der Waals surface area contributed by atoms with Crippen LogP contribution in [0.5, 0.6) is 5.88 Å². The number of rotatable bonds is 5. The standard InChI is InChI=1S/C11H17N5O4/c1-7-9(16(17)18)10(14-11(13-7)15-12)20-6-8-2-4-19-5-3-8/h8H,2-6,12H2,1H3,(H,13,14,15). The number of nitrogens with zero attached hydrogens (tertiary/aromatic N) is 3. The number of nitro groups is 1. The predicted octanol–water partition coefficient (Wildman–Crippen LogP) is 0.784. The van der Waals surface area contributed by atoms with E-state index in [1.165, 1.54) is 6.92 Å². The van der Waals surface area contributed by atoms with Gasteiger partial charge in [-0.2, -0.15) is 4.98 Å². The topological polar surface area (TPSA) is 125 Å². The van der Waals surface area contributed by atoms with Gasteiger partial charge in [0.15, 0.2) is 0 Å². The first-order valence-corrected chi connectivity index (χ1v) is 6.32. The summed E-state index contributed by atoms with van der Waals surface area (Å²) in [4.78, 5) is 18.3. The Morgan fingerprint density at radius 1 is 1.50 bits per heavy atom. The molecule has 3 N–H and O–H groups in total. The Hall–Kier alpha value is -2.00. The van der Waals surface area contributed by atoms with Crippen LogP contribution in [0.4, 0.5) is 11.6 Å². The van der Waals surface area contributed by atoms with Gasteiger partial charge in [-0.1, -0.05) is 0 Å². The van der Waals surface area contributed by atoms with Crippen molar-refractivity contribution in [2.45, 2.75) is 19.8 Å². The van der Waals surface area contributed by atoms with Crippen LogP contribution < -0.4 is 16.0 Å². The summed E-state index contributed by atoms with van der Waals surface area (Å²) < 4.78 is 10.8. The van der Waals surface area contributed by atoms with E-state index in [4.69, 9.17) is 15.3 Å². The molecule has 2 heterocycles. The highest BCUT2D eigenvalue weighted by molar-refractivity contribution is 5.48. The minimum absolute atomic E-state index is 0.0538. The number of nitrogens with one attached hydrogen (secondary N) is 1. The Morgan fingerprint density at radius 2 is 2.20 bits per heavy atom. The van der Waals surface area contributed by atoms with Crippen LogP contribution in [-0.2, 0) is 4.74 Å². The van der Waals surface area contributed by atoms with Gasteiger partial charge in [-0.15, -0.1) is 0 Å². The van der Waals surface area contributed by atoms with Crippen molar-refractivity contribution in [2.24, 2.45) is 11.8 Å². The second-order valence-corrected chi connectivity index (χ2v) is 4.55. The average molecular weight is 283 g/mol. The first kappa shape index (κ1) is 14.4. The third kappa shape index (κ3) is 3.31. The third-order valence-corrected chi connectivity index (χ3v) is 3.13. The lowest BCUT2D eigenvalue weighted by Gasteiger charge is -2.21. The molecule has 2 rings (SSSR count). The molecule has 110 valence electrons. The smallest absolute Gasteiger partial charge is 0.352 e. The zero-order valence-electron chi connectivity index (χ0n) is 11.2. The number of nitrogen functional groups attached to an aromatic ring is 1. The Labute approximate surface area is 115 Å². The normalized spacial score (nSPS) is 15.9. The molecule has 0 spiro atoms. The van der Waals surface area contributed by atoms with Gasteiger partial charge in [0, 0.05) is 13.2 Å². The quantitative estimate of drug-likeness (QED) is 0.461. The predicted molar refractivity (Wildman–Crippen MR) is 70.3 cm³/mol. The maximum atomic E-state index is 11.1. The molecule has 0 aliphatic carbocycles. The van der Waals surface area contributed by atoms with Crippen molar-refractivity contribution in [1.82, 2.24) is 9.97 Å². The number of aromatic nitrogens is 2. The number of ether oxygens (including phenoxy) is 2. The van der Waals surface area contributed by atoms with Crippen LogP contribution in [0.15, 0.2) is 0 Å². The van der Waals surface area contributed by atoms with Gasteiger partial charge in [0.1, 0.15) is 5.69 Å². The van der Waals surface area contributed by atoms with E-state index in [1.807, 2.05) is 0 Å². The van der Waals surface area contributed by atoms with Crippen LogP contribution in [0.25, 0.3) is 0 Å². The van der Waals surface area contributed by atoms with Gasteiger partial charge in [-0.3, -0.25) is 15.5 Å². The van der Waals surface area contributed by atoms with E-state index in [0.29, 0.717) is 25.7 Å². The third-order valence-electron chi connectivity index (χ3n) is 3.13. The molecule has 0 bridgehead atoms. The molecule has 0 aromatic carbocycles. The number of aryl methyl sites for hydroxylation is 1. The molecule has 9 heteroatoms. The first-order chi connectivity index (χ1) is 9.61. The highest BCUT2D eigenvalue weighted by atomic mass is 16.6. The van der Waals surface area contributed by atoms with Crippen molar-refractivity contribution in [3.63, 3.8) is 0 Å². The molecule has 0 atom stereocenters. The molecule has 0 amide bonds.